The van der Waals surface area contributed by atoms with Crippen LogP contribution < -0.4 is 5.32 Å². The molecule has 0 spiro atoms. The third-order valence-corrected chi connectivity index (χ3v) is 10.7. The molecular weight excluding hydrogens is 406 g/mol. The largest absolute Gasteiger partial charge is 0.480 e. The molecule has 6 nitrogen and oxygen atoms in total. The Labute approximate surface area is 192 Å². The Balaban J connectivity index is 1.44. The number of aliphatic carboxylic acids is 1. The van der Waals surface area contributed by atoms with Crippen LogP contribution in [0.2, 0.25) is 0 Å². The minimum atomic E-state index is -1.01. The molecule has 182 valence electrons. The van der Waals surface area contributed by atoms with E-state index in [1.165, 1.54) is 12.8 Å². The van der Waals surface area contributed by atoms with Gasteiger partial charge in [-0.2, -0.15) is 0 Å². The van der Waals surface area contributed by atoms with Gasteiger partial charge in [0.05, 0.1) is 12.2 Å². The molecule has 10 atom stereocenters. The molecule has 0 saturated heterocycles. The van der Waals surface area contributed by atoms with Crippen LogP contribution in [-0.2, 0) is 9.59 Å². The minimum absolute atomic E-state index is 0.177. The zero-order chi connectivity index (χ0) is 23.3. The van der Waals surface area contributed by atoms with Gasteiger partial charge in [-0.3, -0.25) is 9.59 Å². The molecule has 6 heteroatoms. The third kappa shape index (κ3) is 4.11. The Morgan fingerprint density at radius 1 is 1.00 bits per heavy atom. The third-order valence-electron chi connectivity index (χ3n) is 10.7. The molecule has 0 aromatic carbocycles. The summed E-state index contributed by atoms with van der Waals surface area (Å²) in [6.45, 7) is 6.83. The van der Waals surface area contributed by atoms with E-state index in [1.54, 1.807) is 0 Å². The number of carbonyl (C=O) groups is 2. The summed E-state index contributed by atoms with van der Waals surface area (Å²) in [7, 11) is 0. The molecule has 0 aliphatic heterocycles. The average molecular weight is 450 g/mol. The summed E-state index contributed by atoms with van der Waals surface area (Å²) in [5, 5.41) is 32.8. The Bertz CT molecular complexity index is 727. The molecule has 32 heavy (non-hydrogen) atoms. The SMILES string of the molecule is C[C@H](CCC(=O)NCC(=O)O)[C@H]1CC[C@@H]2[C@H]3[C@H](O)C[C@@H]4C[C@H](O)CC[C@]4(C)[C@@H]3CC[C@@]21C. The van der Waals surface area contributed by atoms with Crippen molar-refractivity contribution in [2.45, 2.75) is 97.2 Å². The van der Waals surface area contributed by atoms with E-state index in [-0.39, 0.29) is 35.5 Å². The van der Waals surface area contributed by atoms with Crippen LogP contribution in [0.25, 0.3) is 0 Å². The second kappa shape index (κ2) is 8.90. The zero-order valence-electron chi connectivity index (χ0n) is 20.1. The molecule has 4 saturated carbocycles. The van der Waals surface area contributed by atoms with E-state index in [9.17, 15) is 19.8 Å². The summed E-state index contributed by atoms with van der Waals surface area (Å²) < 4.78 is 0. The van der Waals surface area contributed by atoms with Crippen LogP contribution in [0.5, 0.6) is 0 Å². The summed E-state index contributed by atoms with van der Waals surface area (Å²) in [6, 6.07) is 0. The molecule has 0 aromatic rings. The van der Waals surface area contributed by atoms with E-state index < -0.39 is 5.97 Å². The van der Waals surface area contributed by atoms with Crippen molar-refractivity contribution in [2.75, 3.05) is 6.54 Å². The van der Waals surface area contributed by atoms with Gasteiger partial charge in [0.1, 0.15) is 6.54 Å². The molecule has 1 amide bonds. The fourth-order valence-corrected chi connectivity index (χ4v) is 9.00. The highest BCUT2D eigenvalue weighted by Crippen LogP contribution is 2.68. The Morgan fingerprint density at radius 3 is 2.41 bits per heavy atom. The van der Waals surface area contributed by atoms with Gasteiger partial charge in [0.25, 0.3) is 0 Å². The van der Waals surface area contributed by atoms with Crippen molar-refractivity contribution in [3.63, 3.8) is 0 Å². The van der Waals surface area contributed by atoms with Gasteiger partial charge in [-0.15, -0.1) is 0 Å². The maximum Gasteiger partial charge on any atom is 0.322 e. The molecule has 0 bridgehead atoms. The standard InChI is InChI=1S/C26H43NO5/c1-15(4-7-22(30)27-14-23(31)32)18-5-6-19-24-20(9-11-26(18,19)3)25(2)10-8-17(28)12-16(25)13-21(24)29/h15-21,24,28-29H,4-14H2,1-3H3,(H,27,30)(H,31,32)/t15-,16+,17-,18-,19-,20-,21-,24-,25+,26-/m1/s1. The highest BCUT2D eigenvalue weighted by atomic mass is 16.4. The monoisotopic (exact) mass is 449 g/mol. The Kier molecular flexibility index (Phi) is 6.68. The molecule has 0 unspecified atom stereocenters. The average Bonchev–Trinajstić information content (AvgIpc) is 3.09. The lowest BCUT2D eigenvalue weighted by Crippen LogP contribution is -2.58. The molecular formula is C26H43NO5. The molecule has 0 heterocycles. The van der Waals surface area contributed by atoms with Crippen LogP contribution in [-0.4, -0.2) is 45.9 Å². The smallest absolute Gasteiger partial charge is 0.322 e. The number of rotatable bonds is 6. The summed E-state index contributed by atoms with van der Waals surface area (Å²) >= 11 is 0. The van der Waals surface area contributed by atoms with Crippen LogP contribution in [0.15, 0.2) is 0 Å². The number of hydrogen-bond donors (Lipinski definition) is 4. The van der Waals surface area contributed by atoms with E-state index in [1.807, 2.05) is 0 Å². The van der Waals surface area contributed by atoms with Crippen molar-refractivity contribution in [1.29, 1.82) is 0 Å². The molecule has 4 fully saturated rings. The number of carboxylic acid groups (broad SMARTS) is 1. The predicted octanol–water partition coefficient (Wildman–Crippen LogP) is 3.59. The summed E-state index contributed by atoms with van der Waals surface area (Å²) in [5.74, 6) is 1.66. The van der Waals surface area contributed by atoms with Gasteiger partial charge in [0, 0.05) is 6.42 Å². The lowest BCUT2D eigenvalue weighted by molar-refractivity contribution is -0.174. The second-order valence-corrected chi connectivity index (χ2v) is 12.1. The van der Waals surface area contributed by atoms with Crippen LogP contribution in [0.1, 0.15) is 85.0 Å². The maximum atomic E-state index is 12.0. The molecule has 4 rings (SSSR count). The number of aliphatic hydroxyl groups is 2. The highest BCUT2D eigenvalue weighted by molar-refractivity contribution is 5.81. The van der Waals surface area contributed by atoms with Crippen molar-refractivity contribution in [3.05, 3.63) is 0 Å². The fraction of sp³-hybridized carbons (Fsp3) is 0.923. The van der Waals surface area contributed by atoms with Crippen molar-refractivity contribution >= 4 is 11.9 Å². The van der Waals surface area contributed by atoms with Gasteiger partial charge >= 0.3 is 5.97 Å². The number of hydrogen-bond acceptors (Lipinski definition) is 4. The van der Waals surface area contributed by atoms with Gasteiger partial charge in [-0.1, -0.05) is 20.8 Å². The van der Waals surface area contributed by atoms with Crippen LogP contribution >= 0.6 is 0 Å². The van der Waals surface area contributed by atoms with Gasteiger partial charge < -0.3 is 20.6 Å². The van der Waals surface area contributed by atoms with E-state index in [4.69, 9.17) is 5.11 Å². The lowest BCUT2D eigenvalue weighted by Gasteiger charge is -2.62. The normalized spacial score (nSPS) is 46.5. The van der Waals surface area contributed by atoms with Crippen molar-refractivity contribution in [1.82, 2.24) is 5.32 Å². The molecule has 4 N–H and O–H groups in total. The molecule has 4 aliphatic carbocycles. The van der Waals surface area contributed by atoms with E-state index in [0.29, 0.717) is 41.9 Å². The maximum absolute atomic E-state index is 12.0. The first-order chi connectivity index (χ1) is 15.1. The first kappa shape index (κ1) is 24.0. The van der Waals surface area contributed by atoms with Gasteiger partial charge in [0.2, 0.25) is 5.91 Å². The van der Waals surface area contributed by atoms with Gasteiger partial charge in [-0.25, -0.2) is 0 Å². The fourth-order valence-electron chi connectivity index (χ4n) is 9.00. The first-order valence-corrected chi connectivity index (χ1v) is 12.9. The number of aliphatic hydroxyl groups excluding tert-OH is 2. The van der Waals surface area contributed by atoms with Crippen LogP contribution in [0.3, 0.4) is 0 Å². The quantitative estimate of drug-likeness (QED) is 0.496. The van der Waals surface area contributed by atoms with E-state index in [2.05, 4.69) is 26.1 Å². The Morgan fingerprint density at radius 2 is 1.69 bits per heavy atom. The minimum Gasteiger partial charge on any atom is -0.480 e. The van der Waals surface area contributed by atoms with Crippen LogP contribution in [0, 0.1) is 46.3 Å². The van der Waals surface area contributed by atoms with E-state index in [0.717, 1.165) is 44.9 Å². The molecule has 0 aromatic heterocycles. The molecule has 0 radical (unpaired) electrons. The summed E-state index contributed by atoms with van der Waals surface area (Å²) in [4.78, 5) is 22.7. The number of carboxylic acids is 1. The summed E-state index contributed by atoms with van der Waals surface area (Å²) in [6.07, 6.45) is 9.06. The number of fused-ring (bicyclic) bond motifs is 5. The number of amides is 1. The highest BCUT2D eigenvalue weighted by Gasteiger charge is 2.62. The zero-order valence-corrected chi connectivity index (χ0v) is 20.1. The molecule has 4 aliphatic rings. The second-order valence-electron chi connectivity index (χ2n) is 12.1. The summed E-state index contributed by atoms with van der Waals surface area (Å²) in [5.41, 5.74) is 0.451. The van der Waals surface area contributed by atoms with Crippen molar-refractivity contribution < 1.29 is 24.9 Å². The predicted molar refractivity (Wildman–Crippen MR) is 122 cm³/mol. The number of nitrogens with one attached hydrogen (secondary N) is 1. The van der Waals surface area contributed by atoms with Crippen LogP contribution in [0.4, 0.5) is 0 Å². The van der Waals surface area contributed by atoms with Crippen molar-refractivity contribution in [2.24, 2.45) is 46.3 Å². The Hall–Kier alpha value is -1.14. The van der Waals surface area contributed by atoms with Gasteiger partial charge in [0.15, 0.2) is 0 Å². The number of carbonyl (C=O) groups excluding carboxylic acids is 1. The van der Waals surface area contributed by atoms with Gasteiger partial charge in [-0.05, 0) is 104 Å². The van der Waals surface area contributed by atoms with E-state index >= 15 is 0 Å². The topological polar surface area (TPSA) is 107 Å². The van der Waals surface area contributed by atoms with Crippen molar-refractivity contribution in [3.8, 4) is 0 Å². The first-order valence-electron chi connectivity index (χ1n) is 12.9. The lowest BCUT2D eigenvalue weighted by atomic mass is 9.43.